The summed E-state index contributed by atoms with van der Waals surface area (Å²) in [5.74, 6) is -0.395. The van der Waals surface area contributed by atoms with Crippen molar-refractivity contribution in [3.05, 3.63) is 72.2 Å². The zero-order valence-corrected chi connectivity index (χ0v) is 10.5. The van der Waals surface area contributed by atoms with E-state index in [-0.39, 0.29) is 0 Å². The molecular weight excluding hydrogens is 255 g/mol. The number of rotatable bonds is 3. The van der Waals surface area contributed by atoms with Crippen LogP contribution >= 0.6 is 0 Å². The first-order valence-corrected chi connectivity index (χ1v) is 6.15. The van der Waals surface area contributed by atoms with E-state index < -0.39 is 5.82 Å². The highest BCUT2D eigenvalue weighted by atomic mass is 19.1. The third-order valence-electron chi connectivity index (χ3n) is 3.02. The van der Waals surface area contributed by atoms with Crippen molar-refractivity contribution >= 4 is 6.29 Å². The fourth-order valence-electron chi connectivity index (χ4n) is 2.05. The number of carbonyl (C=O) groups excluding carboxylic acids is 1. The molecular formula is C16H11FN2O. The van der Waals surface area contributed by atoms with Crippen LogP contribution in [0.3, 0.4) is 0 Å². The summed E-state index contributed by atoms with van der Waals surface area (Å²) in [6, 6.07) is 15.7. The predicted octanol–water partition coefficient (Wildman–Crippen LogP) is 3.49. The second-order valence-corrected chi connectivity index (χ2v) is 4.31. The zero-order chi connectivity index (χ0) is 13.9. The van der Waals surface area contributed by atoms with Gasteiger partial charge in [-0.2, -0.15) is 5.10 Å². The molecule has 0 unspecified atom stereocenters. The maximum Gasteiger partial charge on any atom is 0.153 e. The third-order valence-corrected chi connectivity index (χ3v) is 3.02. The van der Waals surface area contributed by atoms with Gasteiger partial charge >= 0.3 is 0 Å². The molecule has 4 heteroatoms. The van der Waals surface area contributed by atoms with Crippen LogP contribution in [0.5, 0.6) is 0 Å². The van der Waals surface area contributed by atoms with E-state index in [1.165, 1.54) is 6.07 Å². The molecule has 1 heterocycles. The number of aromatic nitrogens is 2. The molecule has 0 amide bonds. The van der Waals surface area contributed by atoms with E-state index in [4.69, 9.17) is 0 Å². The first-order chi connectivity index (χ1) is 9.79. The number of halogens is 1. The Hall–Kier alpha value is -2.75. The van der Waals surface area contributed by atoms with E-state index in [0.29, 0.717) is 23.1 Å². The molecule has 0 aliphatic carbocycles. The standard InChI is InChI=1S/C16H11FN2O/c17-15-9-5-4-8-14(15)16-12(11-20)10-19(18-16)13-6-2-1-3-7-13/h1-11H. The van der Waals surface area contributed by atoms with Crippen LogP contribution in [-0.2, 0) is 0 Å². The summed E-state index contributed by atoms with van der Waals surface area (Å²) in [4.78, 5) is 11.2. The molecule has 3 aromatic rings. The van der Waals surface area contributed by atoms with Crippen molar-refractivity contribution in [2.45, 2.75) is 0 Å². The largest absolute Gasteiger partial charge is 0.298 e. The van der Waals surface area contributed by atoms with E-state index in [0.717, 1.165) is 5.69 Å². The number of hydrogen-bond acceptors (Lipinski definition) is 2. The van der Waals surface area contributed by atoms with E-state index >= 15 is 0 Å². The Morgan fingerprint density at radius 1 is 1.00 bits per heavy atom. The Labute approximate surface area is 115 Å². The van der Waals surface area contributed by atoms with Crippen LogP contribution in [0.1, 0.15) is 10.4 Å². The smallest absolute Gasteiger partial charge is 0.153 e. The van der Waals surface area contributed by atoms with Gasteiger partial charge in [0.1, 0.15) is 11.5 Å². The lowest BCUT2D eigenvalue weighted by molar-refractivity contribution is 0.112. The van der Waals surface area contributed by atoms with Crippen molar-refractivity contribution in [2.75, 3.05) is 0 Å². The number of aldehydes is 1. The van der Waals surface area contributed by atoms with E-state index in [1.54, 1.807) is 29.1 Å². The molecule has 0 saturated heterocycles. The second-order valence-electron chi connectivity index (χ2n) is 4.31. The van der Waals surface area contributed by atoms with Gasteiger partial charge in [0.2, 0.25) is 0 Å². The average Bonchev–Trinajstić information content (AvgIpc) is 2.93. The van der Waals surface area contributed by atoms with Crippen LogP contribution in [0.15, 0.2) is 60.8 Å². The Balaban J connectivity index is 2.16. The first-order valence-electron chi connectivity index (χ1n) is 6.15. The summed E-state index contributed by atoms with van der Waals surface area (Å²) in [5, 5.41) is 4.33. The molecule has 2 aromatic carbocycles. The quantitative estimate of drug-likeness (QED) is 0.680. The minimum atomic E-state index is -0.395. The summed E-state index contributed by atoms with van der Waals surface area (Å²) in [6.45, 7) is 0. The normalized spacial score (nSPS) is 10.4. The maximum absolute atomic E-state index is 13.8. The van der Waals surface area contributed by atoms with Gasteiger partial charge in [-0.3, -0.25) is 4.79 Å². The van der Waals surface area contributed by atoms with Crippen molar-refractivity contribution in [2.24, 2.45) is 0 Å². The molecule has 0 N–H and O–H groups in total. The second kappa shape index (κ2) is 5.09. The average molecular weight is 266 g/mol. The summed E-state index contributed by atoms with van der Waals surface area (Å²) in [6.07, 6.45) is 2.29. The third kappa shape index (κ3) is 2.12. The van der Waals surface area contributed by atoms with Gasteiger partial charge in [-0.1, -0.05) is 30.3 Å². The lowest BCUT2D eigenvalue weighted by atomic mass is 10.1. The van der Waals surface area contributed by atoms with Crippen LogP contribution in [0.4, 0.5) is 4.39 Å². The van der Waals surface area contributed by atoms with Crippen LogP contribution in [0, 0.1) is 5.82 Å². The molecule has 0 spiro atoms. The summed E-state index contributed by atoms with van der Waals surface area (Å²) >= 11 is 0. The Morgan fingerprint density at radius 3 is 2.40 bits per heavy atom. The van der Waals surface area contributed by atoms with Crippen LogP contribution < -0.4 is 0 Å². The van der Waals surface area contributed by atoms with Crippen molar-refractivity contribution in [3.63, 3.8) is 0 Å². The van der Waals surface area contributed by atoms with Crippen LogP contribution in [0.25, 0.3) is 16.9 Å². The molecule has 3 nitrogen and oxygen atoms in total. The molecule has 0 atom stereocenters. The Kier molecular flexibility index (Phi) is 3.13. The maximum atomic E-state index is 13.8. The fraction of sp³-hybridized carbons (Fsp3) is 0. The number of nitrogens with zero attached hydrogens (tertiary/aromatic N) is 2. The van der Waals surface area contributed by atoms with Crippen molar-refractivity contribution < 1.29 is 9.18 Å². The Bertz CT molecular complexity index is 750. The molecule has 0 saturated carbocycles. The van der Waals surface area contributed by atoms with Crippen LogP contribution in [0.2, 0.25) is 0 Å². The van der Waals surface area contributed by atoms with Crippen molar-refractivity contribution in [3.8, 4) is 16.9 Å². The number of hydrogen-bond donors (Lipinski definition) is 0. The summed E-state index contributed by atoms with van der Waals surface area (Å²) in [5.41, 5.74) is 1.85. The Morgan fingerprint density at radius 2 is 1.70 bits per heavy atom. The lowest BCUT2D eigenvalue weighted by Gasteiger charge is -2.01. The van der Waals surface area contributed by atoms with Gasteiger partial charge in [-0.05, 0) is 24.3 Å². The van der Waals surface area contributed by atoms with Gasteiger partial charge in [0, 0.05) is 11.8 Å². The highest BCUT2D eigenvalue weighted by Crippen LogP contribution is 2.24. The van der Waals surface area contributed by atoms with Gasteiger partial charge in [-0.15, -0.1) is 0 Å². The van der Waals surface area contributed by atoms with Crippen molar-refractivity contribution in [1.82, 2.24) is 9.78 Å². The molecule has 98 valence electrons. The lowest BCUT2D eigenvalue weighted by Crippen LogP contribution is -1.94. The molecule has 0 bridgehead atoms. The van der Waals surface area contributed by atoms with Gasteiger partial charge in [0.25, 0.3) is 0 Å². The number of carbonyl (C=O) groups is 1. The van der Waals surface area contributed by atoms with Gasteiger partial charge < -0.3 is 0 Å². The van der Waals surface area contributed by atoms with Crippen molar-refractivity contribution in [1.29, 1.82) is 0 Å². The first kappa shape index (κ1) is 12.3. The summed E-state index contributed by atoms with van der Waals surface area (Å²) in [7, 11) is 0. The minimum absolute atomic E-state index is 0.323. The molecule has 1 aromatic heterocycles. The number of para-hydroxylation sites is 1. The van der Waals surface area contributed by atoms with Gasteiger partial charge in [0.05, 0.1) is 11.3 Å². The highest BCUT2D eigenvalue weighted by molar-refractivity contribution is 5.85. The SMILES string of the molecule is O=Cc1cn(-c2ccccc2)nc1-c1ccccc1F. The fourth-order valence-corrected chi connectivity index (χ4v) is 2.05. The molecule has 0 aliphatic heterocycles. The van der Waals surface area contributed by atoms with E-state index in [2.05, 4.69) is 5.10 Å². The highest BCUT2D eigenvalue weighted by Gasteiger charge is 2.14. The minimum Gasteiger partial charge on any atom is -0.298 e. The summed E-state index contributed by atoms with van der Waals surface area (Å²) < 4.78 is 15.4. The number of benzene rings is 2. The monoisotopic (exact) mass is 266 g/mol. The van der Waals surface area contributed by atoms with Gasteiger partial charge in [0.15, 0.2) is 6.29 Å². The van der Waals surface area contributed by atoms with E-state index in [9.17, 15) is 9.18 Å². The molecule has 20 heavy (non-hydrogen) atoms. The van der Waals surface area contributed by atoms with Gasteiger partial charge in [-0.25, -0.2) is 9.07 Å². The van der Waals surface area contributed by atoms with Crippen LogP contribution in [-0.4, -0.2) is 16.1 Å². The molecule has 0 aliphatic rings. The molecule has 0 fully saturated rings. The molecule has 3 rings (SSSR count). The topological polar surface area (TPSA) is 34.9 Å². The molecule has 0 radical (unpaired) electrons. The zero-order valence-electron chi connectivity index (χ0n) is 10.5. The van der Waals surface area contributed by atoms with E-state index in [1.807, 2.05) is 30.3 Å². The predicted molar refractivity (Wildman–Crippen MR) is 74.3 cm³/mol.